The van der Waals surface area contributed by atoms with Gasteiger partial charge in [-0.3, -0.25) is 14.9 Å². The lowest BCUT2D eigenvalue weighted by Crippen LogP contribution is -2.27. The molecule has 10 nitrogen and oxygen atoms in total. The number of carbonyl (C=O) groups is 1. The first kappa shape index (κ1) is 25.9. The van der Waals surface area contributed by atoms with Crippen molar-refractivity contribution in [2.45, 2.75) is 31.7 Å². The second kappa shape index (κ2) is 10.6. The fourth-order valence-corrected chi connectivity index (χ4v) is 5.27. The number of hydrogen-bond acceptors (Lipinski definition) is 9. The molecule has 0 bridgehead atoms. The Morgan fingerprint density at radius 3 is 2.38 bits per heavy atom. The van der Waals surface area contributed by atoms with Gasteiger partial charge in [-0.2, -0.15) is 0 Å². The van der Waals surface area contributed by atoms with E-state index in [1.165, 1.54) is 6.07 Å². The lowest BCUT2D eigenvalue weighted by atomic mass is 9.78. The number of aromatic hydroxyl groups is 1. The third-order valence-corrected chi connectivity index (χ3v) is 7.10. The third-order valence-electron chi connectivity index (χ3n) is 7.10. The van der Waals surface area contributed by atoms with Crippen LogP contribution in [0.4, 0.5) is 17.1 Å². The fraction of sp³-hybridized carbons (Fsp3) is 0.276. The first-order valence-electron chi connectivity index (χ1n) is 12.6. The molecule has 2 unspecified atom stereocenters. The normalized spacial score (nSPS) is 18.2. The Morgan fingerprint density at radius 1 is 0.974 bits per heavy atom. The molecule has 5 rings (SSSR count). The number of para-hydroxylation sites is 2. The maximum absolute atomic E-state index is 13.9. The number of nitrogens with zero attached hydrogens (tertiary/aromatic N) is 1. The highest BCUT2D eigenvalue weighted by molar-refractivity contribution is 6.01. The van der Waals surface area contributed by atoms with Crippen molar-refractivity contribution in [2.24, 2.45) is 0 Å². The summed E-state index contributed by atoms with van der Waals surface area (Å²) in [5, 5.41) is 29.1. The Hall–Kier alpha value is -4.73. The SMILES string of the molecule is CCOc1cc(C2Nc3ccccc3NC3=C2C(=O)CC(c2ccc(OC)c(OC)c2)C3)cc([N+](=O)[O-])c1O. The van der Waals surface area contributed by atoms with E-state index < -0.39 is 22.4 Å². The minimum Gasteiger partial charge on any atom is -0.500 e. The topological polar surface area (TPSA) is 132 Å². The molecule has 1 aliphatic heterocycles. The van der Waals surface area contributed by atoms with Gasteiger partial charge in [0.2, 0.25) is 5.75 Å². The van der Waals surface area contributed by atoms with Gasteiger partial charge in [0.05, 0.1) is 43.2 Å². The van der Waals surface area contributed by atoms with Crippen molar-refractivity contribution >= 4 is 22.8 Å². The molecule has 0 saturated carbocycles. The molecule has 3 N–H and O–H groups in total. The van der Waals surface area contributed by atoms with E-state index in [9.17, 15) is 20.0 Å². The van der Waals surface area contributed by atoms with Gasteiger partial charge in [0.1, 0.15) is 0 Å². The minimum atomic E-state index is -0.714. The zero-order valence-electron chi connectivity index (χ0n) is 21.8. The molecule has 10 heteroatoms. The number of phenolic OH excluding ortho intramolecular Hbond substituents is 1. The summed E-state index contributed by atoms with van der Waals surface area (Å²) < 4.78 is 16.4. The van der Waals surface area contributed by atoms with Gasteiger partial charge in [-0.15, -0.1) is 0 Å². The number of nitro groups is 1. The summed E-state index contributed by atoms with van der Waals surface area (Å²) in [6, 6.07) is 15.3. The number of Topliss-reactive ketones (excluding diaryl/α,β-unsaturated/α-hetero) is 1. The average Bonchev–Trinajstić information content (AvgIpc) is 3.10. The Kier molecular flexibility index (Phi) is 7.02. The lowest BCUT2D eigenvalue weighted by Gasteiger charge is -2.30. The summed E-state index contributed by atoms with van der Waals surface area (Å²) in [6.45, 7) is 1.93. The predicted octanol–water partition coefficient (Wildman–Crippen LogP) is 5.70. The Morgan fingerprint density at radius 2 is 1.69 bits per heavy atom. The molecule has 0 fully saturated rings. The van der Waals surface area contributed by atoms with Gasteiger partial charge in [0.15, 0.2) is 23.0 Å². The van der Waals surface area contributed by atoms with Crippen LogP contribution in [0, 0.1) is 10.1 Å². The number of rotatable bonds is 7. The van der Waals surface area contributed by atoms with Crippen molar-refractivity contribution in [3.8, 4) is 23.0 Å². The van der Waals surface area contributed by atoms with E-state index in [1.807, 2.05) is 42.5 Å². The number of fused-ring (bicyclic) bond motifs is 1. The molecule has 202 valence electrons. The van der Waals surface area contributed by atoms with Crippen molar-refractivity contribution in [1.82, 2.24) is 0 Å². The van der Waals surface area contributed by atoms with E-state index in [0.29, 0.717) is 29.1 Å². The molecule has 0 radical (unpaired) electrons. The average molecular weight is 532 g/mol. The maximum atomic E-state index is 13.9. The van der Waals surface area contributed by atoms with Crippen LogP contribution in [-0.4, -0.2) is 36.6 Å². The highest BCUT2D eigenvalue weighted by Gasteiger charge is 2.37. The molecule has 0 spiro atoms. The van der Waals surface area contributed by atoms with Gasteiger partial charge < -0.3 is 30.0 Å². The second-order valence-corrected chi connectivity index (χ2v) is 9.36. The summed E-state index contributed by atoms with van der Waals surface area (Å²) in [6.07, 6.45) is 0.768. The largest absolute Gasteiger partial charge is 0.500 e. The van der Waals surface area contributed by atoms with Crippen molar-refractivity contribution < 1.29 is 29.0 Å². The van der Waals surface area contributed by atoms with Crippen molar-refractivity contribution in [3.05, 3.63) is 87.1 Å². The first-order chi connectivity index (χ1) is 18.8. The Bertz CT molecular complexity index is 1480. The standard InChI is InChI=1S/C29H29N3O7/c1-4-39-26-15-18(12-22(29(26)34)32(35)36)28-27-21(30-19-7-5-6-8-20(19)31-28)11-17(13-23(27)33)16-9-10-24(37-2)25(14-16)38-3/h5-10,12,14-15,17,28,30-31,34H,4,11,13H2,1-3H3. The zero-order chi connectivity index (χ0) is 27.7. The van der Waals surface area contributed by atoms with Gasteiger partial charge in [-0.25, -0.2) is 0 Å². The van der Waals surface area contributed by atoms with Crippen molar-refractivity contribution in [3.63, 3.8) is 0 Å². The number of carbonyl (C=O) groups excluding carboxylic acids is 1. The molecule has 3 aromatic rings. The summed E-state index contributed by atoms with van der Waals surface area (Å²) >= 11 is 0. The molecule has 39 heavy (non-hydrogen) atoms. The number of phenols is 1. The van der Waals surface area contributed by atoms with Crippen LogP contribution in [0.3, 0.4) is 0 Å². The lowest BCUT2D eigenvalue weighted by molar-refractivity contribution is -0.386. The number of allylic oxidation sites excluding steroid dienone is 1. The van der Waals surface area contributed by atoms with Crippen LogP contribution in [0.2, 0.25) is 0 Å². The number of anilines is 2. The van der Waals surface area contributed by atoms with Crippen LogP contribution in [0.25, 0.3) is 0 Å². The van der Waals surface area contributed by atoms with Crippen LogP contribution in [0.15, 0.2) is 65.9 Å². The molecule has 2 aliphatic rings. The van der Waals surface area contributed by atoms with Crippen LogP contribution in [0.1, 0.15) is 42.9 Å². The molecule has 1 heterocycles. The van der Waals surface area contributed by atoms with Crippen molar-refractivity contribution in [1.29, 1.82) is 0 Å². The summed E-state index contributed by atoms with van der Waals surface area (Å²) in [5.74, 6) is 0.414. The third kappa shape index (κ3) is 4.81. The summed E-state index contributed by atoms with van der Waals surface area (Å²) in [4.78, 5) is 25.0. The van der Waals surface area contributed by atoms with Gasteiger partial charge >= 0.3 is 5.69 Å². The Balaban J connectivity index is 1.63. The molecule has 2 atom stereocenters. The van der Waals surface area contributed by atoms with Crippen LogP contribution >= 0.6 is 0 Å². The highest BCUT2D eigenvalue weighted by atomic mass is 16.6. The van der Waals surface area contributed by atoms with Gasteiger partial charge in [-0.1, -0.05) is 18.2 Å². The number of ether oxygens (including phenoxy) is 3. The summed E-state index contributed by atoms with van der Waals surface area (Å²) in [5.41, 5.74) is 3.62. The van der Waals surface area contributed by atoms with E-state index in [2.05, 4.69) is 10.6 Å². The molecule has 0 amide bonds. The fourth-order valence-electron chi connectivity index (χ4n) is 5.27. The minimum absolute atomic E-state index is 0.0115. The molecular formula is C29H29N3O7. The zero-order valence-corrected chi connectivity index (χ0v) is 21.8. The molecule has 3 aromatic carbocycles. The van der Waals surface area contributed by atoms with E-state index in [0.717, 1.165) is 22.6 Å². The highest BCUT2D eigenvalue weighted by Crippen LogP contribution is 2.47. The van der Waals surface area contributed by atoms with Crippen LogP contribution in [-0.2, 0) is 4.79 Å². The Labute approximate surface area is 225 Å². The number of methoxy groups -OCH3 is 2. The molecular weight excluding hydrogens is 502 g/mol. The van der Waals surface area contributed by atoms with E-state index in [-0.39, 0.29) is 30.5 Å². The quantitative estimate of drug-likeness (QED) is 0.260. The predicted molar refractivity (Wildman–Crippen MR) is 146 cm³/mol. The van der Waals surface area contributed by atoms with Crippen molar-refractivity contribution in [2.75, 3.05) is 31.5 Å². The second-order valence-electron chi connectivity index (χ2n) is 9.36. The first-order valence-corrected chi connectivity index (χ1v) is 12.6. The molecule has 0 saturated heterocycles. The number of hydrogen-bond donors (Lipinski definition) is 3. The smallest absolute Gasteiger partial charge is 0.315 e. The van der Waals surface area contributed by atoms with Crippen LogP contribution < -0.4 is 24.8 Å². The van der Waals surface area contributed by atoms with Gasteiger partial charge in [-0.05, 0) is 60.7 Å². The van der Waals surface area contributed by atoms with E-state index >= 15 is 0 Å². The van der Waals surface area contributed by atoms with Crippen LogP contribution in [0.5, 0.6) is 23.0 Å². The maximum Gasteiger partial charge on any atom is 0.315 e. The summed E-state index contributed by atoms with van der Waals surface area (Å²) in [7, 11) is 3.14. The van der Waals surface area contributed by atoms with E-state index in [4.69, 9.17) is 14.2 Å². The number of benzene rings is 3. The van der Waals surface area contributed by atoms with Gasteiger partial charge in [0.25, 0.3) is 0 Å². The van der Waals surface area contributed by atoms with Gasteiger partial charge in [0, 0.05) is 23.8 Å². The van der Waals surface area contributed by atoms with E-state index in [1.54, 1.807) is 27.2 Å². The monoisotopic (exact) mass is 531 g/mol. The number of ketones is 1. The molecule has 1 aliphatic carbocycles. The number of nitrogens with one attached hydrogen (secondary N) is 2. The molecule has 0 aromatic heterocycles. The number of nitro benzene ring substituents is 1.